The zero-order chi connectivity index (χ0) is 14.8. The number of carbonyl (C=O) groups excluding carboxylic acids is 1. The van der Waals surface area contributed by atoms with Gasteiger partial charge in [0.25, 0.3) is 5.91 Å². The quantitative estimate of drug-likeness (QED) is 0.807. The molecular formula is C14H17N5OS. The minimum Gasteiger partial charge on any atom is -0.382 e. The van der Waals surface area contributed by atoms with Crippen LogP contribution < -0.4 is 16.4 Å². The molecule has 7 heteroatoms. The number of hydrogen-bond acceptors (Lipinski definition) is 6. The molecule has 1 aliphatic rings. The van der Waals surface area contributed by atoms with Crippen molar-refractivity contribution in [1.29, 1.82) is 0 Å². The van der Waals surface area contributed by atoms with Crippen LogP contribution >= 0.6 is 11.3 Å². The normalized spacial score (nSPS) is 14.5. The second-order valence-electron chi connectivity index (χ2n) is 5.21. The second kappa shape index (κ2) is 5.69. The predicted octanol–water partition coefficient (Wildman–Crippen LogP) is 2.65. The van der Waals surface area contributed by atoms with Crippen molar-refractivity contribution in [3.63, 3.8) is 0 Å². The zero-order valence-corrected chi connectivity index (χ0v) is 12.5. The van der Waals surface area contributed by atoms with Crippen molar-refractivity contribution in [2.75, 3.05) is 16.4 Å². The third-order valence-corrected chi connectivity index (χ3v) is 4.43. The molecule has 110 valence electrons. The molecule has 0 atom stereocenters. The summed E-state index contributed by atoms with van der Waals surface area (Å²) in [5, 5.41) is 6.81. The highest BCUT2D eigenvalue weighted by Gasteiger charge is 2.21. The first-order chi connectivity index (χ1) is 10.1. The van der Waals surface area contributed by atoms with E-state index < -0.39 is 0 Å². The summed E-state index contributed by atoms with van der Waals surface area (Å²) in [7, 11) is 0. The number of nitrogen functional groups attached to an aromatic ring is 1. The number of thiazole rings is 1. The molecule has 1 aliphatic carbocycles. The molecule has 0 unspecified atom stereocenters. The van der Waals surface area contributed by atoms with E-state index in [0.717, 1.165) is 18.4 Å². The van der Waals surface area contributed by atoms with Crippen molar-refractivity contribution in [3.05, 3.63) is 28.9 Å². The summed E-state index contributed by atoms with van der Waals surface area (Å²) in [6.07, 6.45) is 6.88. The molecule has 3 rings (SSSR count). The van der Waals surface area contributed by atoms with Crippen LogP contribution in [-0.4, -0.2) is 21.9 Å². The maximum absolute atomic E-state index is 12.3. The molecule has 4 N–H and O–H groups in total. The van der Waals surface area contributed by atoms with E-state index in [2.05, 4.69) is 20.6 Å². The molecule has 2 aromatic heterocycles. The van der Waals surface area contributed by atoms with Crippen molar-refractivity contribution >= 4 is 33.9 Å². The van der Waals surface area contributed by atoms with Gasteiger partial charge in [-0.3, -0.25) is 9.78 Å². The summed E-state index contributed by atoms with van der Waals surface area (Å²) in [6, 6.07) is 2.32. The van der Waals surface area contributed by atoms with E-state index in [0.29, 0.717) is 21.7 Å². The zero-order valence-electron chi connectivity index (χ0n) is 11.7. The number of amides is 1. The number of pyridine rings is 1. The molecular weight excluding hydrogens is 286 g/mol. The summed E-state index contributed by atoms with van der Waals surface area (Å²) in [6.45, 7) is 1.92. The number of rotatable bonds is 4. The van der Waals surface area contributed by atoms with Crippen LogP contribution in [0.5, 0.6) is 0 Å². The summed E-state index contributed by atoms with van der Waals surface area (Å²) in [5.41, 5.74) is 7.48. The maximum Gasteiger partial charge on any atom is 0.269 e. The standard InChI is InChI=1S/C14H17N5OS/c1-8-5-10(7-16-6-8)17-13(20)11-12(15)19-14(21-11)18-9-3-2-4-9/h5-7,9H,2-4,15H2,1H3,(H,17,20)(H,18,19). The lowest BCUT2D eigenvalue weighted by molar-refractivity contribution is 0.103. The molecule has 1 saturated carbocycles. The predicted molar refractivity (Wildman–Crippen MR) is 84.7 cm³/mol. The van der Waals surface area contributed by atoms with Gasteiger partial charge in [0.1, 0.15) is 10.7 Å². The van der Waals surface area contributed by atoms with E-state index in [9.17, 15) is 4.79 Å². The lowest BCUT2D eigenvalue weighted by atomic mass is 9.93. The van der Waals surface area contributed by atoms with Crippen LogP contribution in [0.2, 0.25) is 0 Å². The van der Waals surface area contributed by atoms with E-state index >= 15 is 0 Å². The molecule has 21 heavy (non-hydrogen) atoms. The smallest absolute Gasteiger partial charge is 0.269 e. The average molecular weight is 303 g/mol. The molecule has 2 heterocycles. The average Bonchev–Trinajstić information content (AvgIpc) is 2.75. The van der Waals surface area contributed by atoms with E-state index in [-0.39, 0.29) is 11.7 Å². The van der Waals surface area contributed by atoms with Gasteiger partial charge >= 0.3 is 0 Å². The highest BCUT2D eigenvalue weighted by Crippen LogP contribution is 2.30. The van der Waals surface area contributed by atoms with Gasteiger partial charge in [-0.05, 0) is 37.8 Å². The fourth-order valence-corrected chi connectivity index (χ4v) is 2.95. The molecule has 6 nitrogen and oxygen atoms in total. The van der Waals surface area contributed by atoms with Gasteiger partial charge in [-0.1, -0.05) is 11.3 Å². The number of nitrogens with two attached hydrogens (primary N) is 1. The summed E-state index contributed by atoms with van der Waals surface area (Å²) >= 11 is 1.29. The van der Waals surface area contributed by atoms with E-state index in [1.54, 1.807) is 12.4 Å². The molecule has 2 aromatic rings. The van der Waals surface area contributed by atoms with Crippen LogP contribution in [0.4, 0.5) is 16.6 Å². The van der Waals surface area contributed by atoms with Gasteiger partial charge in [-0.2, -0.15) is 0 Å². The molecule has 1 amide bonds. The molecule has 0 spiro atoms. The Morgan fingerprint density at radius 3 is 2.90 bits per heavy atom. The lowest BCUT2D eigenvalue weighted by Gasteiger charge is -2.25. The van der Waals surface area contributed by atoms with Crippen molar-refractivity contribution in [1.82, 2.24) is 9.97 Å². The highest BCUT2D eigenvalue weighted by molar-refractivity contribution is 7.18. The van der Waals surface area contributed by atoms with Crippen LogP contribution in [0.15, 0.2) is 18.5 Å². The Bertz CT molecular complexity index is 665. The fraction of sp³-hybridized carbons (Fsp3) is 0.357. The number of hydrogen-bond donors (Lipinski definition) is 3. The van der Waals surface area contributed by atoms with Crippen LogP contribution in [0.3, 0.4) is 0 Å². The summed E-state index contributed by atoms with van der Waals surface area (Å²) in [4.78, 5) is 20.9. The monoisotopic (exact) mass is 303 g/mol. The Labute approximate surface area is 126 Å². The van der Waals surface area contributed by atoms with Crippen molar-refractivity contribution in [3.8, 4) is 0 Å². The number of aromatic nitrogens is 2. The number of nitrogens with zero attached hydrogens (tertiary/aromatic N) is 2. The van der Waals surface area contributed by atoms with E-state index in [1.165, 1.54) is 17.8 Å². The van der Waals surface area contributed by atoms with Gasteiger partial charge < -0.3 is 16.4 Å². The van der Waals surface area contributed by atoms with Crippen LogP contribution in [-0.2, 0) is 0 Å². The third kappa shape index (κ3) is 3.13. The first-order valence-corrected chi connectivity index (χ1v) is 7.69. The Kier molecular flexibility index (Phi) is 3.74. The second-order valence-corrected chi connectivity index (χ2v) is 6.21. The van der Waals surface area contributed by atoms with Crippen LogP contribution in [0, 0.1) is 6.92 Å². The van der Waals surface area contributed by atoms with Crippen LogP contribution in [0.1, 0.15) is 34.5 Å². The topological polar surface area (TPSA) is 92.9 Å². The van der Waals surface area contributed by atoms with Gasteiger partial charge in [0.15, 0.2) is 5.13 Å². The van der Waals surface area contributed by atoms with Gasteiger partial charge in [0, 0.05) is 12.2 Å². The van der Waals surface area contributed by atoms with Crippen molar-refractivity contribution in [2.24, 2.45) is 0 Å². The Balaban J connectivity index is 1.71. The fourth-order valence-electron chi connectivity index (χ4n) is 2.09. The first kappa shape index (κ1) is 13.8. The van der Waals surface area contributed by atoms with Gasteiger partial charge in [0.05, 0.1) is 11.9 Å². The Morgan fingerprint density at radius 2 is 2.24 bits per heavy atom. The molecule has 0 aromatic carbocycles. The number of aryl methyl sites for hydroxylation is 1. The van der Waals surface area contributed by atoms with Crippen molar-refractivity contribution in [2.45, 2.75) is 32.2 Å². The molecule has 1 fully saturated rings. The highest BCUT2D eigenvalue weighted by atomic mass is 32.1. The van der Waals surface area contributed by atoms with Crippen LogP contribution in [0.25, 0.3) is 0 Å². The first-order valence-electron chi connectivity index (χ1n) is 6.87. The minimum absolute atomic E-state index is 0.251. The van der Waals surface area contributed by atoms with Gasteiger partial charge in [-0.25, -0.2) is 4.98 Å². The number of carbonyl (C=O) groups is 1. The SMILES string of the molecule is Cc1cncc(NC(=O)c2sc(NC3CCC3)nc2N)c1. The lowest BCUT2D eigenvalue weighted by Crippen LogP contribution is -2.26. The largest absolute Gasteiger partial charge is 0.382 e. The minimum atomic E-state index is -0.251. The molecule has 0 radical (unpaired) electrons. The number of nitrogens with one attached hydrogen (secondary N) is 2. The van der Waals surface area contributed by atoms with Gasteiger partial charge in [0.2, 0.25) is 0 Å². The summed E-state index contributed by atoms with van der Waals surface area (Å²) in [5.74, 6) is 0.0130. The molecule has 0 saturated heterocycles. The Morgan fingerprint density at radius 1 is 1.43 bits per heavy atom. The molecule has 0 bridgehead atoms. The molecule has 0 aliphatic heterocycles. The maximum atomic E-state index is 12.3. The van der Waals surface area contributed by atoms with Gasteiger partial charge in [-0.15, -0.1) is 0 Å². The van der Waals surface area contributed by atoms with Crippen molar-refractivity contribution < 1.29 is 4.79 Å². The third-order valence-electron chi connectivity index (χ3n) is 3.43. The Hall–Kier alpha value is -2.15. The van der Waals surface area contributed by atoms with E-state index in [4.69, 9.17) is 5.73 Å². The number of anilines is 3. The van der Waals surface area contributed by atoms with E-state index in [1.807, 2.05) is 13.0 Å². The summed E-state index contributed by atoms with van der Waals surface area (Å²) < 4.78 is 0.